The van der Waals surface area contributed by atoms with Crippen LogP contribution in [-0.4, -0.2) is 29.9 Å². The number of thioether (sulfide) groups is 1. The fourth-order valence-electron chi connectivity index (χ4n) is 4.49. The molecule has 1 aliphatic carbocycles. The quantitative estimate of drug-likeness (QED) is 0.153. The van der Waals surface area contributed by atoms with Crippen molar-refractivity contribution in [2.45, 2.75) is 30.0 Å². The van der Waals surface area contributed by atoms with Gasteiger partial charge in [0.15, 0.2) is 10.9 Å². The van der Waals surface area contributed by atoms with Crippen molar-refractivity contribution in [3.05, 3.63) is 100 Å². The van der Waals surface area contributed by atoms with Crippen molar-refractivity contribution in [2.24, 2.45) is 0 Å². The molecule has 3 aromatic carbocycles. The second kappa shape index (κ2) is 11.1. The van der Waals surface area contributed by atoms with Gasteiger partial charge in [0, 0.05) is 34.1 Å². The van der Waals surface area contributed by atoms with E-state index in [1.165, 1.54) is 16.0 Å². The first-order chi connectivity index (χ1) is 17.2. The number of esters is 1. The number of fused-ring (bicyclic) bond motifs is 3. The van der Waals surface area contributed by atoms with Crippen LogP contribution < -0.4 is 4.74 Å². The van der Waals surface area contributed by atoms with Crippen molar-refractivity contribution < 1.29 is 14.3 Å². The molecular weight excluding hydrogens is 474 g/mol. The molecule has 6 heteroatoms. The minimum atomic E-state index is -0.348. The zero-order valence-corrected chi connectivity index (χ0v) is 21.2. The number of carbonyl (C=O) groups excluding carboxylic acids is 1. The van der Waals surface area contributed by atoms with E-state index in [0.29, 0.717) is 12.5 Å². The molecule has 1 heterocycles. The lowest BCUT2D eigenvalue weighted by molar-refractivity contribution is -0.145. The van der Waals surface area contributed by atoms with Crippen molar-refractivity contribution in [3.63, 3.8) is 0 Å². The molecule has 0 atom stereocenters. The highest BCUT2D eigenvalue weighted by Crippen LogP contribution is 2.45. The fourth-order valence-corrected chi connectivity index (χ4v) is 6.78. The van der Waals surface area contributed by atoms with E-state index in [1.54, 1.807) is 18.3 Å². The maximum atomic E-state index is 11.7. The Bertz CT molecular complexity index is 1250. The molecule has 178 valence electrons. The van der Waals surface area contributed by atoms with E-state index < -0.39 is 0 Å². The van der Waals surface area contributed by atoms with E-state index in [4.69, 9.17) is 14.5 Å². The van der Waals surface area contributed by atoms with Gasteiger partial charge in [0.1, 0.15) is 5.75 Å². The minimum Gasteiger partial charge on any atom is -0.482 e. The van der Waals surface area contributed by atoms with Crippen molar-refractivity contribution in [1.29, 1.82) is 0 Å². The third-order valence-electron chi connectivity index (χ3n) is 6.09. The van der Waals surface area contributed by atoms with Gasteiger partial charge < -0.3 is 9.47 Å². The number of rotatable bonds is 10. The molecule has 0 saturated heterocycles. The highest BCUT2D eigenvalue weighted by molar-refractivity contribution is 8.01. The lowest BCUT2D eigenvalue weighted by Crippen LogP contribution is -2.15. The van der Waals surface area contributed by atoms with Crippen molar-refractivity contribution in [1.82, 2.24) is 4.98 Å². The van der Waals surface area contributed by atoms with Crippen LogP contribution in [0.2, 0.25) is 0 Å². The normalized spacial score (nSPS) is 11.8. The van der Waals surface area contributed by atoms with Crippen molar-refractivity contribution >= 4 is 29.1 Å². The summed E-state index contributed by atoms with van der Waals surface area (Å²) in [5, 5.41) is 0. The summed E-state index contributed by atoms with van der Waals surface area (Å²) in [6.45, 7) is 2.07. The van der Waals surface area contributed by atoms with Crippen LogP contribution in [0.4, 0.5) is 0 Å². The van der Waals surface area contributed by atoms with Crippen LogP contribution in [-0.2, 0) is 16.0 Å². The maximum absolute atomic E-state index is 11.7. The van der Waals surface area contributed by atoms with E-state index in [9.17, 15) is 4.79 Å². The Balaban J connectivity index is 1.26. The Kier molecular flexibility index (Phi) is 7.50. The van der Waals surface area contributed by atoms with Gasteiger partial charge in [-0.05, 0) is 30.5 Å². The molecule has 1 aliphatic rings. The highest BCUT2D eigenvalue weighted by Gasteiger charge is 2.26. The Labute approximate surface area is 214 Å². The van der Waals surface area contributed by atoms with Gasteiger partial charge in [-0.25, -0.2) is 9.78 Å². The SMILES string of the molecule is CCOC(=O)COc1cccc2c1Cc1sc(SCCC(c3ccccc3)c3ccccc3)nc1-2. The standard InChI is InChI=1S/C29H27NO3S2/c1-2-32-27(31)19-33-25-15-9-14-23-24(25)18-26-28(23)30-29(35-26)34-17-16-22(20-10-5-3-6-11-20)21-12-7-4-8-13-21/h3-15,22H,2,16-19H2,1H3. The summed E-state index contributed by atoms with van der Waals surface area (Å²) in [6.07, 6.45) is 1.84. The average molecular weight is 502 g/mol. The predicted molar refractivity (Wildman–Crippen MR) is 143 cm³/mol. The number of thiazole rings is 1. The predicted octanol–water partition coefficient (Wildman–Crippen LogP) is 6.97. The van der Waals surface area contributed by atoms with E-state index in [1.807, 2.05) is 23.9 Å². The molecule has 0 saturated carbocycles. The van der Waals surface area contributed by atoms with Crippen LogP contribution in [0.5, 0.6) is 5.75 Å². The van der Waals surface area contributed by atoms with Crippen molar-refractivity contribution in [2.75, 3.05) is 19.0 Å². The topological polar surface area (TPSA) is 48.4 Å². The zero-order valence-electron chi connectivity index (χ0n) is 19.6. The smallest absolute Gasteiger partial charge is 0.344 e. The van der Waals surface area contributed by atoms with E-state index >= 15 is 0 Å². The first kappa shape index (κ1) is 23.6. The van der Waals surface area contributed by atoms with Crippen LogP contribution in [0.3, 0.4) is 0 Å². The molecule has 0 radical (unpaired) electrons. The number of nitrogens with zero attached hydrogens (tertiary/aromatic N) is 1. The summed E-state index contributed by atoms with van der Waals surface area (Å²) in [5.74, 6) is 1.76. The Morgan fingerprint density at radius 1 is 1.00 bits per heavy atom. The molecule has 4 nitrogen and oxygen atoms in total. The number of ether oxygens (including phenoxy) is 2. The molecule has 35 heavy (non-hydrogen) atoms. The number of hydrogen-bond donors (Lipinski definition) is 0. The van der Waals surface area contributed by atoms with E-state index in [0.717, 1.165) is 45.5 Å². The molecular formula is C29H27NO3S2. The molecule has 0 bridgehead atoms. The average Bonchev–Trinajstić information content (AvgIpc) is 3.45. The van der Waals surface area contributed by atoms with E-state index in [2.05, 4.69) is 66.7 Å². The summed E-state index contributed by atoms with van der Waals surface area (Å²) in [7, 11) is 0. The molecule has 0 aliphatic heterocycles. The molecule has 0 N–H and O–H groups in total. The number of benzene rings is 3. The molecule has 0 fully saturated rings. The number of carbonyl (C=O) groups is 1. The monoisotopic (exact) mass is 501 g/mol. The van der Waals surface area contributed by atoms with Gasteiger partial charge in [-0.3, -0.25) is 0 Å². The van der Waals surface area contributed by atoms with Crippen LogP contribution in [0.15, 0.2) is 83.2 Å². The molecule has 4 aromatic rings. The Morgan fingerprint density at radius 3 is 2.40 bits per heavy atom. The van der Waals surface area contributed by atoms with Gasteiger partial charge in [-0.15, -0.1) is 11.3 Å². The largest absolute Gasteiger partial charge is 0.482 e. The minimum absolute atomic E-state index is 0.0729. The Hall–Kier alpha value is -3.09. The third kappa shape index (κ3) is 5.44. The summed E-state index contributed by atoms with van der Waals surface area (Å²) in [6, 6.07) is 27.5. The van der Waals surface area contributed by atoms with Crippen LogP contribution in [0.1, 0.15) is 40.8 Å². The highest BCUT2D eigenvalue weighted by atomic mass is 32.2. The molecule has 0 amide bonds. The summed E-state index contributed by atoms with van der Waals surface area (Å²) >= 11 is 3.60. The molecule has 5 rings (SSSR count). The summed E-state index contributed by atoms with van der Waals surface area (Å²) < 4.78 is 11.9. The third-order valence-corrected chi connectivity index (χ3v) is 8.32. The lowest BCUT2D eigenvalue weighted by Gasteiger charge is -2.17. The molecule has 1 aromatic heterocycles. The van der Waals surface area contributed by atoms with Crippen LogP contribution in [0, 0.1) is 0 Å². The molecule has 0 unspecified atom stereocenters. The van der Waals surface area contributed by atoms with E-state index in [-0.39, 0.29) is 12.6 Å². The fraction of sp³-hybridized carbons (Fsp3) is 0.241. The second-order valence-corrected chi connectivity index (χ2v) is 10.7. The van der Waals surface area contributed by atoms with Crippen LogP contribution in [0.25, 0.3) is 11.3 Å². The maximum Gasteiger partial charge on any atom is 0.344 e. The summed E-state index contributed by atoms with van der Waals surface area (Å²) in [5.41, 5.74) is 5.97. The van der Waals surface area contributed by atoms with Gasteiger partial charge in [-0.1, -0.05) is 84.6 Å². The van der Waals surface area contributed by atoms with Gasteiger partial charge >= 0.3 is 5.97 Å². The van der Waals surface area contributed by atoms with Gasteiger partial charge in [0.25, 0.3) is 0 Å². The summed E-state index contributed by atoms with van der Waals surface area (Å²) in [4.78, 5) is 17.9. The van der Waals surface area contributed by atoms with Crippen molar-refractivity contribution in [3.8, 4) is 17.0 Å². The number of hydrogen-bond acceptors (Lipinski definition) is 6. The van der Waals surface area contributed by atoms with Gasteiger partial charge in [0.05, 0.1) is 12.3 Å². The van der Waals surface area contributed by atoms with Gasteiger partial charge in [0.2, 0.25) is 0 Å². The second-order valence-electron chi connectivity index (χ2n) is 8.32. The van der Waals surface area contributed by atoms with Gasteiger partial charge in [-0.2, -0.15) is 0 Å². The zero-order chi connectivity index (χ0) is 24.0. The lowest BCUT2D eigenvalue weighted by atomic mass is 9.89. The first-order valence-corrected chi connectivity index (χ1v) is 13.7. The molecule has 0 spiro atoms. The van der Waals surface area contributed by atoms with Crippen LogP contribution >= 0.6 is 23.1 Å². The Morgan fingerprint density at radius 2 is 1.71 bits per heavy atom. The first-order valence-electron chi connectivity index (χ1n) is 11.9. The number of aromatic nitrogens is 1.